The zero-order valence-electron chi connectivity index (χ0n) is 28.9. The lowest BCUT2D eigenvalue weighted by atomic mass is 9.98. The summed E-state index contributed by atoms with van der Waals surface area (Å²) in [6.07, 6.45) is -11.2. The molecular formula is C32H39N3O16. The predicted octanol–water partition coefficient (Wildman–Crippen LogP) is 0.835. The zero-order chi connectivity index (χ0) is 37.8. The van der Waals surface area contributed by atoms with E-state index in [1.807, 2.05) is 0 Å². The number of ether oxygens (including phenoxy) is 9. The Morgan fingerprint density at radius 1 is 0.706 bits per heavy atom. The molecule has 0 saturated carbocycles. The number of hydrogen-bond acceptors (Lipinski definition) is 18. The Labute approximate surface area is 291 Å². The van der Waals surface area contributed by atoms with E-state index in [1.165, 1.54) is 11.0 Å². The largest absolute Gasteiger partial charge is 0.463 e. The second-order valence-electron chi connectivity index (χ2n) is 11.0. The van der Waals surface area contributed by atoms with Gasteiger partial charge in [-0.05, 0) is 12.1 Å². The van der Waals surface area contributed by atoms with Crippen molar-refractivity contribution in [2.24, 2.45) is 0 Å². The van der Waals surface area contributed by atoms with E-state index in [2.05, 4.69) is 10.2 Å². The van der Waals surface area contributed by atoms with Crippen molar-refractivity contribution < 1.29 is 76.2 Å². The molecule has 0 radical (unpaired) electrons. The molecule has 51 heavy (non-hydrogen) atoms. The van der Waals surface area contributed by atoms with Crippen LogP contribution in [0.5, 0.6) is 0 Å². The number of hydrogen-bond donors (Lipinski definition) is 0. The van der Waals surface area contributed by atoms with Gasteiger partial charge in [0.25, 0.3) is 0 Å². The van der Waals surface area contributed by atoms with Crippen LogP contribution in [0.1, 0.15) is 60.3 Å². The first-order valence-corrected chi connectivity index (χ1v) is 15.5. The Morgan fingerprint density at radius 3 is 1.82 bits per heavy atom. The third-order valence-corrected chi connectivity index (χ3v) is 6.74. The van der Waals surface area contributed by atoms with Crippen molar-refractivity contribution in [1.82, 2.24) is 15.0 Å². The fraction of sp³-hybridized carbons (Fsp3) is 0.531. The summed E-state index contributed by atoms with van der Waals surface area (Å²) in [6.45, 7) is 6.22. The monoisotopic (exact) mass is 721 g/mol. The van der Waals surface area contributed by atoms with Crippen molar-refractivity contribution in [3.05, 3.63) is 42.2 Å². The van der Waals surface area contributed by atoms with Crippen LogP contribution in [0.3, 0.4) is 0 Å². The van der Waals surface area contributed by atoms with Gasteiger partial charge in [0.05, 0.1) is 18.5 Å². The number of para-hydroxylation sites is 1. The second kappa shape index (κ2) is 18.5. The highest BCUT2D eigenvalue weighted by Gasteiger charge is 2.53. The zero-order valence-corrected chi connectivity index (χ0v) is 28.9. The molecule has 0 bridgehead atoms. The number of aromatic nitrogens is 3. The van der Waals surface area contributed by atoms with Crippen molar-refractivity contribution >= 4 is 41.8 Å². The first-order valence-electron chi connectivity index (χ1n) is 15.5. The summed E-state index contributed by atoms with van der Waals surface area (Å²) >= 11 is 0. The highest BCUT2D eigenvalue weighted by molar-refractivity contribution is 5.69. The molecule has 19 heteroatoms. The molecule has 0 amide bonds. The Balaban J connectivity index is 2.06. The summed E-state index contributed by atoms with van der Waals surface area (Å²) in [5, 5.41) is 8.58. The van der Waals surface area contributed by atoms with Crippen LogP contribution in [-0.2, 0) is 76.2 Å². The van der Waals surface area contributed by atoms with Crippen LogP contribution >= 0.6 is 0 Å². The number of carbonyl (C=O) groups is 7. The summed E-state index contributed by atoms with van der Waals surface area (Å²) in [4.78, 5) is 86.5. The van der Waals surface area contributed by atoms with E-state index in [1.54, 1.807) is 30.3 Å². The molecule has 0 unspecified atom stereocenters. The van der Waals surface area contributed by atoms with Gasteiger partial charge in [-0.3, -0.25) is 33.6 Å². The minimum atomic E-state index is -1.69. The van der Waals surface area contributed by atoms with Crippen LogP contribution in [0, 0.1) is 0 Å². The van der Waals surface area contributed by atoms with Crippen molar-refractivity contribution in [1.29, 1.82) is 0 Å². The maximum Gasteiger partial charge on any atom is 0.303 e. The maximum absolute atomic E-state index is 12.4. The summed E-state index contributed by atoms with van der Waals surface area (Å²) < 4.78 is 49.7. The molecule has 0 aliphatic carbocycles. The van der Waals surface area contributed by atoms with E-state index in [-0.39, 0.29) is 5.69 Å². The molecule has 278 valence electrons. The van der Waals surface area contributed by atoms with Crippen molar-refractivity contribution in [3.63, 3.8) is 0 Å². The molecule has 8 atom stereocenters. The van der Waals surface area contributed by atoms with Gasteiger partial charge in [0.1, 0.15) is 18.4 Å². The van der Waals surface area contributed by atoms with Crippen LogP contribution in [-0.4, -0.2) is 113 Å². The standard InChI is InChI=1S/C32H39N3O16/c1-16(36)43-14-26-29(48-20(5)40)30(49-21(6)41)31(50-22(7)42)32(51-26)44-15-25(45-17(2)37)28(47-19(4)39)27(46-18(3)38)24-13-33-35(34-24)23-11-9-8-10-12-23/h8-13,25-32H,14-15H2,1-7H3/t25-,26+,27+,28-,29+,30-,31-,32+/m0/s1. The van der Waals surface area contributed by atoms with Crippen LogP contribution < -0.4 is 0 Å². The number of benzene rings is 1. The van der Waals surface area contributed by atoms with Gasteiger partial charge in [-0.2, -0.15) is 9.90 Å². The van der Waals surface area contributed by atoms with E-state index in [0.717, 1.165) is 48.5 Å². The minimum Gasteiger partial charge on any atom is -0.463 e. The SMILES string of the molecule is CC(=O)OC[C@H]1O[C@@H](OC[C@H](OC(C)=O)[C@H](OC(C)=O)[C@H](OC(C)=O)c2cnn(-c3ccccc3)n2)[C@@H](OC(C)=O)[C@@H](OC(C)=O)[C@@H]1OC(C)=O. The van der Waals surface area contributed by atoms with E-state index in [0.29, 0.717) is 5.69 Å². The van der Waals surface area contributed by atoms with Crippen LogP contribution in [0.2, 0.25) is 0 Å². The average Bonchev–Trinajstić information content (AvgIpc) is 3.52. The van der Waals surface area contributed by atoms with Gasteiger partial charge in [0, 0.05) is 48.5 Å². The number of carbonyl (C=O) groups excluding carboxylic acids is 7. The summed E-state index contributed by atoms with van der Waals surface area (Å²) in [5.41, 5.74) is 0.530. The smallest absolute Gasteiger partial charge is 0.303 e. The molecule has 0 N–H and O–H groups in total. The van der Waals surface area contributed by atoms with Crippen molar-refractivity contribution in [3.8, 4) is 5.69 Å². The molecule has 1 saturated heterocycles. The minimum absolute atomic E-state index is 0.00949. The summed E-state index contributed by atoms with van der Waals surface area (Å²) in [7, 11) is 0. The Bertz CT molecular complexity index is 1560. The van der Waals surface area contributed by atoms with Crippen LogP contribution in [0.25, 0.3) is 5.69 Å². The molecule has 3 rings (SSSR count). The molecule has 1 fully saturated rings. The van der Waals surface area contributed by atoms with Gasteiger partial charge < -0.3 is 42.6 Å². The summed E-state index contributed by atoms with van der Waals surface area (Å²) in [5.74, 6) is -5.91. The van der Waals surface area contributed by atoms with E-state index in [9.17, 15) is 33.6 Å². The van der Waals surface area contributed by atoms with Gasteiger partial charge in [0.15, 0.2) is 42.9 Å². The summed E-state index contributed by atoms with van der Waals surface area (Å²) in [6, 6.07) is 8.67. The van der Waals surface area contributed by atoms with Crippen LogP contribution in [0.15, 0.2) is 36.5 Å². The first kappa shape index (κ1) is 40.0. The lowest BCUT2D eigenvalue weighted by molar-refractivity contribution is -0.313. The molecule has 19 nitrogen and oxygen atoms in total. The Hall–Kier alpha value is -5.43. The van der Waals surface area contributed by atoms with E-state index in [4.69, 9.17) is 42.6 Å². The highest BCUT2D eigenvalue weighted by Crippen LogP contribution is 2.32. The molecule has 1 aliphatic rings. The number of esters is 7. The number of rotatable bonds is 15. The fourth-order valence-corrected chi connectivity index (χ4v) is 5.01. The van der Waals surface area contributed by atoms with Crippen molar-refractivity contribution in [2.45, 2.75) is 97.5 Å². The van der Waals surface area contributed by atoms with Gasteiger partial charge >= 0.3 is 41.8 Å². The quantitative estimate of drug-likeness (QED) is 0.183. The van der Waals surface area contributed by atoms with Crippen molar-refractivity contribution in [2.75, 3.05) is 13.2 Å². The average molecular weight is 722 g/mol. The van der Waals surface area contributed by atoms with Gasteiger partial charge in [-0.1, -0.05) is 18.2 Å². The molecule has 0 spiro atoms. The number of nitrogens with zero attached hydrogens (tertiary/aromatic N) is 3. The first-order chi connectivity index (χ1) is 24.0. The Morgan fingerprint density at radius 2 is 1.27 bits per heavy atom. The fourth-order valence-electron chi connectivity index (χ4n) is 5.01. The van der Waals surface area contributed by atoms with E-state index >= 15 is 0 Å². The van der Waals surface area contributed by atoms with Gasteiger partial charge in [-0.25, -0.2) is 0 Å². The lowest BCUT2D eigenvalue weighted by Gasteiger charge is -2.44. The molecule has 2 heterocycles. The Kier molecular flexibility index (Phi) is 14.5. The van der Waals surface area contributed by atoms with Crippen LogP contribution in [0.4, 0.5) is 0 Å². The highest BCUT2D eigenvalue weighted by atomic mass is 16.7. The molecule has 1 aromatic heterocycles. The maximum atomic E-state index is 12.4. The topological polar surface area (TPSA) is 233 Å². The van der Waals surface area contributed by atoms with E-state index < -0.39 is 104 Å². The van der Waals surface area contributed by atoms with Gasteiger partial charge in [0.2, 0.25) is 0 Å². The third-order valence-electron chi connectivity index (χ3n) is 6.74. The predicted molar refractivity (Wildman–Crippen MR) is 165 cm³/mol. The van der Waals surface area contributed by atoms with Gasteiger partial charge in [-0.15, -0.1) is 5.10 Å². The molecule has 2 aromatic rings. The normalized spacial score (nSPS) is 21.5. The second-order valence-corrected chi connectivity index (χ2v) is 11.0. The third kappa shape index (κ3) is 12.1. The molecule has 1 aliphatic heterocycles. The lowest BCUT2D eigenvalue weighted by Crippen LogP contribution is -2.63. The molecule has 1 aromatic carbocycles. The molecular weight excluding hydrogens is 682 g/mol.